The molecule has 0 saturated carbocycles. The van der Waals surface area contributed by atoms with Gasteiger partial charge in [-0.3, -0.25) is 0 Å². The van der Waals surface area contributed by atoms with Gasteiger partial charge in [0.2, 0.25) is 10.0 Å². The number of hydrogen-bond acceptors (Lipinski definition) is 3. The third-order valence-electron chi connectivity index (χ3n) is 4.75. The van der Waals surface area contributed by atoms with Crippen LogP contribution in [0.4, 0.5) is 0 Å². The second-order valence-corrected chi connectivity index (χ2v) is 8.12. The zero-order valence-electron chi connectivity index (χ0n) is 13.3. The Hall–Kier alpha value is -0.910. The number of hydrogen-bond donors (Lipinski definition) is 1. The molecule has 1 aliphatic heterocycles. The zero-order valence-corrected chi connectivity index (χ0v) is 14.2. The van der Waals surface area contributed by atoms with Crippen LogP contribution in [0.1, 0.15) is 38.8 Å². The van der Waals surface area contributed by atoms with Gasteiger partial charge in [0, 0.05) is 19.1 Å². The summed E-state index contributed by atoms with van der Waals surface area (Å²) in [6.07, 6.45) is 0.940. The highest BCUT2D eigenvalue weighted by molar-refractivity contribution is 7.89. The van der Waals surface area contributed by atoms with Gasteiger partial charge in [-0.05, 0) is 49.9 Å². The summed E-state index contributed by atoms with van der Waals surface area (Å²) < 4.78 is 27.0. The summed E-state index contributed by atoms with van der Waals surface area (Å²) in [5, 5.41) is 3.15. The predicted octanol–water partition coefficient (Wildman–Crippen LogP) is 2.63. The molecule has 21 heavy (non-hydrogen) atoms. The van der Waals surface area contributed by atoms with E-state index in [4.69, 9.17) is 0 Å². The second kappa shape index (κ2) is 6.46. The molecule has 0 aromatic heterocycles. The maximum atomic E-state index is 12.7. The third-order valence-corrected chi connectivity index (χ3v) is 6.63. The van der Waals surface area contributed by atoms with E-state index in [0.29, 0.717) is 29.8 Å². The van der Waals surface area contributed by atoms with Crippen molar-refractivity contribution in [3.63, 3.8) is 0 Å². The highest BCUT2D eigenvalue weighted by atomic mass is 32.2. The number of nitrogens with one attached hydrogen (secondary N) is 1. The minimum Gasteiger partial charge on any atom is -0.313 e. The van der Waals surface area contributed by atoms with Crippen molar-refractivity contribution in [1.82, 2.24) is 9.62 Å². The normalized spacial score (nSPS) is 25.7. The van der Waals surface area contributed by atoms with Gasteiger partial charge in [0.15, 0.2) is 0 Å². The minimum atomic E-state index is -3.35. The molecule has 1 saturated heterocycles. The van der Waals surface area contributed by atoms with Gasteiger partial charge in [0.25, 0.3) is 0 Å². The summed E-state index contributed by atoms with van der Waals surface area (Å²) in [6.45, 7) is 7.63. The van der Waals surface area contributed by atoms with Crippen molar-refractivity contribution in [2.45, 2.75) is 38.1 Å². The molecule has 1 aromatic carbocycles. The monoisotopic (exact) mass is 310 g/mol. The summed E-state index contributed by atoms with van der Waals surface area (Å²) in [4.78, 5) is 0.399. The minimum absolute atomic E-state index is 0.220. The topological polar surface area (TPSA) is 49.4 Å². The molecule has 0 amide bonds. The molecule has 0 spiro atoms. The molecule has 0 aliphatic carbocycles. The van der Waals surface area contributed by atoms with Gasteiger partial charge >= 0.3 is 0 Å². The van der Waals surface area contributed by atoms with Crippen molar-refractivity contribution in [2.24, 2.45) is 11.8 Å². The Morgan fingerprint density at radius 2 is 1.81 bits per heavy atom. The van der Waals surface area contributed by atoms with Crippen molar-refractivity contribution in [3.05, 3.63) is 29.8 Å². The Balaban J connectivity index is 2.20. The van der Waals surface area contributed by atoms with Gasteiger partial charge in [-0.1, -0.05) is 26.0 Å². The molecule has 0 bridgehead atoms. The summed E-state index contributed by atoms with van der Waals surface area (Å²) in [5.41, 5.74) is 1.09. The van der Waals surface area contributed by atoms with E-state index in [1.54, 1.807) is 16.4 Å². The standard InChI is InChI=1S/C16H26N2O2S/c1-12-9-10-18(11-13(12)2)21(19,20)16-7-5-15(6-8-16)14(3)17-4/h5-8,12-14,17H,9-11H2,1-4H3. The van der Waals surface area contributed by atoms with Gasteiger partial charge in [-0.25, -0.2) is 8.42 Å². The molecule has 1 heterocycles. The van der Waals surface area contributed by atoms with Crippen LogP contribution in [-0.2, 0) is 10.0 Å². The van der Waals surface area contributed by atoms with Crippen molar-refractivity contribution in [1.29, 1.82) is 0 Å². The summed E-state index contributed by atoms with van der Waals surface area (Å²) >= 11 is 0. The molecule has 1 fully saturated rings. The van der Waals surface area contributed by atoms with Crippen molar-refractivity contribution in [3.8, 4) is 0 Å². The van der Waals surface area contributed by atoms with E-state index >= 15 is 0 Å². The lowest BCUT2D eigenvalue weighted by Gasteiger charge is -2.34. The predicted molar refractivity (Wildman–Crippen MR) is 85.6 cm³/mol. The molecule has 0 radical (unpaired) electrons. The van der Waals surface area contributed by atoms with E-state index in [0.717, 1.165) is 12.0 Å². The van der Waals surface area contributed by atoms with E-state index in [1.807, 2.05) is 19.2 Å². The summed E-state index contributed by atoms with van der Waals surface area (Å²) in [7, 11) is -1.46. The zero-order chi connectivity index (χ0) is 15.6. The lowest BCUT2D eigenvalue weighted by molar-refractivity contribution is 0.212. The van der Waals surface area contributed by atoms with Crippen LogP contribution < -0.4 is 5.32 Å². The first-order chi connectivity index (χ1) is 9.86. The average Bonchev–Trinajstić information content (AvgIpc) is 2.49. The van der Waals surface area contributed by atoms with Gasteiger partial charge in [0.05, 0.1) is 4.90 Å². The van der Waals surface area contributed by atoms with Crippen LogP contribution in [0.3, 0.4) is 0 Å². The summed E-state index contributed by atoms with van der Waals surface area (Å²) in [5.74, 6) is 1.01. The van der Waals surface area contributed by atoms with Gasteiger partial charge in [-0.15, -0.1) is 0 Å². The van der Waals surface area contributed by atoms with Crippen LogP contribution in [0.2, 0.25) is 0 Å². The quantitative estimate of drug-likeness (QED) is 0.930. The molecule has 1 aliphatic rings. The first-order valence-corrected chi connectivity index (χ1v) is 9.07. The Morgan fingerprint density at radius 3 is 2.33 bits per heavy atom. The maximum Gasteiger partial charge on any atom is 0.243 e. The molecule has 5 heteroatoms. The number of benzene rings is 1. The van der Waals surface area contributed by atoms with Crippen LogP contribution in [-0.4, -0.2) is 32.9 Å². The molecule has 3 atom stereocenters. The number of piperidine rings is 1. The van der Waals surface area contributed by atoms with E-state index in [9.17, 15) is 8.42 Å². The van der Waals surface area contributed by atoms with Crippen molar-refractivity contribution >= 4 is 10.0 Å². The van der Waals surface area contributed by atoms with Crippen LogP contribution in [0.5, 0.6) is 0 Å². The van der Waals surface area contributed by atoms with Gasteiger partial charge in [-0.2, -0.15) is 4.31 Å². The Kier molecular flexibility index (Phi) is 5.07. The fourth-order valence-electron chi connectivity index (χ4n) is 2.69. The SMILES string of the molecule is CNC(C)c1ccc(S(=O)(=O)N2CCC(C)C(C)C2)cc1. The van der Waals surface area contributed by atoms with Gasteiger partial charge < -0.3 is 5.32 Å². The highest BCUT2D eigenvalue weighted by Gasteiger charge is 2.31. The lowest BCUT2D eigenvalue weighted by atomic mass is 9.90. The molecule has 2 rings (SSSR count). The largest absolute Gasteiger partial charge is 0.313 e. The molecule has 118 valence electrons. The second-order valence-electron chi connectivity index (χ2n) is 6.19. The number of nitrogens with zero attached hydrogens (tertiary/aromatic N) is 1. The van der Waals surface area contributed by atoms with E-state index in [-0.39, 0.29) is 6.04 Å². The Bertz CT molecular complexity index is 568. The average molecular weight is 310 g/mol. The highest BCUT2D eigenvalue weighted by Crippen LogP contribution is 2.27. The van der Waals surface area contributed by atoms with Crippen LogP contribution in [0.15, 0.2) is 29.2 Å². The van der Waals surface area contributed by atoms with E-state index in [1.165, 1.54) is 0 Å². The lowest BCUT2D eigenvalue weighted by Crippen LogP contribution is -2.42. The van der Waals surface area contributed by atoms with Crippen LogP contribution >= 0.6 is 0 Å². The first-order valence-electron chi connectivity index (χ1n) is 7.63. The first kappa shape index (κ1) is 16.5. The smallest absolute Gasteiger partial charge is 0.243 e. The van der Waals surface area contributed by atoms with E-state index < -0.39 is 10.0 Å². The molecule has 1 aromatic rings. The Morgan fingerprint density at radius 1 is 1.19 bits per heavy atom. The van der Waals surface area contributed by atoms with Crippen molar-refractivity contribution in [2.75, 3.05) is 20.1 Å². The van der Waals surface area contributed by atoms with E-state index in [2.05, 4.69) is 26.1 Å². The summed E-state index contributed by atoms with van der Waals surface area (Å²) in [6, 6.07) is 7.45. The van der Waals surface area contributed by atoms with Gasteiger partial charge in [0.1, 0.15) is 0 Å². The maximum absolute atomic E-state index is 12.7. The number of rotatable bonds is 4. The van der Waals surface area contributed by atoms with Crippen LogP contribution in [0.25, 0.3) is 0 Å². The molecule has 3 unspecified atom stereocenters. The number of sulfonamides is 1. The van der Waals surface area contributed by atoms with Crippen LogP contribution in [0, 0.1) is 11.8 Å². The molecule has 1 N–H and O–H groups in total. The molecule has 4 nitrogen and oxygen atoms in total. The molecular weight excluding hydrogens is 284 g/mol. The fourth-order valence-corrected chi connectivity index (χ4v) is 4.24. The fraction of sp³-hybridized carbons (Fsp3) is 0.625. The van der Waals surface area contributed by atoms with Crippen molar-refractivity contribution < 1.29 is 8.42 Å². The molecular formula is C16H26N2O2S. The Labute approximate surface area is 128 Å². The third kappa shape index (κ3) is 3.47.